The molecule has 2 aliphatic carbocycles. The van der Waals surface area contributed by atoms with Crippen molar-refractivity contribution in [3.8, 4) is 5.75 Å². The highest BCUT2D eigenvalue weighted by Gasteiger charge is 2.28. The Kier molecular flexibility index (Phi) is 8.18. The van der Waals surface area contributed by atoms with E-state index in [1.165, 1.54) is 6.07 Å². The number of hydrogen-bond donors (Lipinski definition) is 0. The summed E-state index contributed by atoms with van der Waals surface area (Å²) < 4.78 is 49.5. The Balaban J connectivity index is 1.35. The van der Waals surface area contributed by atoms with Crippen molar-refractivity contribution in [2.75, 3.05) is 6.61 Å². The first-order chi connectivity index (χ1) is 16.5. The van der Waals surface area contributed by atoms with Gasteiger partial charge in [0.25, 0.3) is 0 Å². The van der Waals surface area contributed by atoms with Crippen molar-refractivity contribution < 1.29 is 17.9 Å². The van der Waals surface area contributed by atoms with Crippen LogP contribution < -0.4 is 4.74 Å². The summed E-state index contributed by atoms with van der Waals surface area (Å²) in [5, 5.41) is 0. The van der Waals surface area contributed by atoms with E-state index in [2.05, 4.69) is 19.6 Å². The van der Waals surface area contributed by atoms with Crippen molar-refractivity contribution in [3.05, 3.63) is 83.2 Å². The summed E-state index contributed by atoms with van der Waals surface area (Å²) in [6.07, 6.45) is 13.2. The molecule has 2 saturated carbocycles. The van der Waals surface area contributed by atoms with E-state index in [9.17, 15) is 8.78 Å². The number of ether oxygens (including phenoxy) is 1. The summed E-state index contributed by atoms with van der Waals surface area (Å²) in [6, 6.07) is 8.61. The molecule has 4 rings (SSSR count). The van der Waals surface area contributed by atoms with Gasteiger partial charge in [-0.15, -0.1) is 0 Å². The molecular formula is C30H35F3O. The molecule has 0 radical (unpaired) electrons. The van der Waals surface area contributed by atoms with Crippen LogP contribution in [0.5, 0.6) is 5.75 Å². The highest BCUT2D eigenvalue weighted by atomic mass is 19.2. The minimum atomic E-state index is -0.635. The molecule has 182 valence electrons. The van der Waals surface area contributed by atoms with Gasteiger partial charge in [0, 0.05) is 0 Å². The predicted molar refractivity (Wildman–Crippen MR) is 133 cm³/mol. The van der Waals surface area contributed by atoms with Crippen molar-refractivity contribution in [2.24, 2.45) is 11.8 Å². The van der Waals surface area contributed by atoms with Crippen LogP contribution in [0.3, 0.4) is 0 Å². The van der Waals surface area contributed by atoms with Gasteiger partial charge in [0.2, 0.25) is 0 Å². The second kappa shape index (κ2) is 11.3. The summed E-state index contributed by atoms with van der Waals surface area (Å²) >= 11 is 0. The Morgan fingerprint density at radius 1 is 0.853 bits per heavy atom. The Morgan fingerprint density at radius 2 is 1.44 bits per heavy atom. The van der Waals surface area contributed by atoms with Crippen molar-refractivity contribution >= 4 is 6.08 Å². The molecule has 0 unspecified atom stereocenters. The lowest BCUT2D eigenvalue weighted by molar-refractivity contribution is 0.336. The van der Waals surface area contributed by atoms with Crippen molar-refractivity contribution in [1.29, 1.82) is 0 Å². The maximum Gasteiger partial charge on any atom is 0.165 e. The van der Waals surface area contributed by atoms with Gasteiger partial charge >= 0.3 is 0 Å². The van der Waals surface area contributed by atoms with Gasteiger partial charge < -0.3 is 4.74 Å². The zero-order valence-electron chi connectivity index (χ0n) is 20.0. The summed E-state index contributed by atoms with van der Waals surface area (Å²) in [6.45, 7) is 6.06. The van der Waals surface area contributed by atoms with Crippen LogP contribution in [0.1, 0.15) is 86.8 Å². The van der Waals surface area contributed by atoms with Crippen molar-refractivity contribution in [2.45, 2.75) is 70.1 Å². The fourth-order valence-corrected chi connectivity index (χ4v) is 5.54. The van der Waals surface area contributed by atoms with Gasteiger partial charge in [-0.25, -0.2) is 13.2 Å². The third-order valence-electron chi connectivity index (χ3n) is 7.68. The van der Waals surface area contributed by atoms with Crippen LogP contribution in [0.2, 0.25) is 0 Å². The molecule has 34 heavy (non-hydrogen) atoms. The van der Waals surface area contributed by atoms with Crippen LogP contribution in [0.25, 0.3) is 6.08 Å². The highest BCUT2D eigenvalue weighted by Crippen LogP contribution is 2.41. The van der Waals surface area contributed by atoms with E-state index in [1.54, 1.807) is 12.1 Å². The quantitative estimate of drug-likeness (QED) is 0.369. The third-order valence-corrected chi connectivity index (χ3v) is 7.68. The van der Waals surface area contributed by atoms with Crippen molar-refractivity contribution in [3.63, 3.8) is 0 Å². The fourth-order valence-electron chi connectivity index (χ4n) is 5.54. The summed E-state index contributed by atoms with van der Waals surface area (Å²) in [7, 11) is 0. The average Bonchev–Trinajstić information content (AvgIpc) is 2.85. The van der Waals surface area contributed by atoms with Crippen molar-refractivity contribution in [1.82, 2.24) is 0 Å². The van der Waals surface area contributed by atoms with Gasteiger partial charge in [-0.3, -0.25) is 0 Å². The number of hydrogen-bond acceptors (Lipinski definition) is 1. The third kappa shape index (κ3) is 5.76. The van der Waals surface area contributed by atoms with E-state index in [0.717, 1.165) is 56.9 Å². The van der Waals surface area contributed by atoms with Gasteiger partial charge in [0.05, 0.1) is 0 Å². The molecule has 0 N–H and O–H groups in total. The molecule has 0 spiro atoms. The minimum Gasteiger partial charge on any atom is -0.486 e. The average molecular weight is 469 g/mol. The van der Waals surface area contributed by atoms with Gasteiger partial charge in [0.15, 0.2) is 23.2 Å². The van der Waals surface area contributed by atoms with Crippen LogP contribution in [0, 0.1) is 29.3 Å². The lowest BCUT2D eigenvalue weighted by Gasteiger charge is -2.29. The van der Waals surface area contributed by atoms with Gasteiger partial charge in [-0.2, -0.15) is 0 Å². The van der Waals surface area contributed by atoms with E-state index in [1.807, 2.05) is 24.3 Å². The minimum absolute atomic E-state index is 0.0540. The predicted octanol–water partition coefficient (Wildman–Crippen LogP) is 8.95. The lowest BCUT2D eigenvalue weighted by Crippen LogP contribution is -2.16. The highest BCUT2D eigenvalue weighted by molar-refractivity contribution is 5.51. The molecule has 0 aliphatic heterocycles. The van der Waals surface area contributed by atoms with E-state index >= 15 is 4.39 Å². The standard InChI is InChI=1S/C30H35F3O/c1-3-18-34-28-17-10-22(19-27(28)31)7-6-21-8-13-24(14-9-21)26-16-15-25(29(32)30(26)33)23-11-4-20(2)5-12-23/h3,6-7,10,15-17,19-21,23-24H,1,4-5,8-9,11-14,18H2,2H3/b7-6+. The molecule has 0 heterocycles. The van der Waals surface area contributed by atoms with Crippen LogP contribution in [-0.4, -0.2) is 6.61 Å². The molecule has 2 aromatic carbocycles. The van der Waals surface area contributed by atoms with E-state index in [0.29, 0.717) is 23.0 Å². The van der Waals surface area contributed by atoms with Crippen LogP contribution in [0.4, 0.5) is 13.2 Å². The number of halogens is 3. The van der Waals surface area contributed by atoms with E-state index < -0.39 is 17.5 Å². The number of benzene rings is 2. The maximum atomic E-state index is 15.1. The van der Waals surface area contributed by atoms with Gasteiger partial charge in [0.1, 0.15) is 6.61 Å². The molecule has 2 aliphatic rings. The molecule has 2 aromatic rings. The fraction of sp³-hybridized carbons (Fsp3) is 0.467. The molecule has 0 atom stereocenters. The van der Waals surface area contributed by atoms with Crippen LogP contribution >= 0.6 is 0 Å². The molecule has 0 amide bonds. The second-order valence-corrected chi connectivity index (χ2v) is 10.1. The molecule has 4 heteroatoms. The molecule has 0 bridgehead atoms. The smallest absolute Gasteiger partial charge is 0.165 e. The zero-order chi connectivity index (χ0) is 24.1. The summed E-state index contributed by atoms with van der Waals surface area (Å²) in [4.78, 5) is 0. The Hall–Kier alpha value is -2.49. The molecule has 0 aromatic heterocycles. The van der Waals surface area contributed by atoms with Gasteiger partial charge in [-0.05, 0) is 91.0 Å². The molecule has 0 saturated heterocycles. The first kappa shape index (κ1) is 24.6. The summed E-state index contributed by atoms with van der Waals surface area (Å²) in [5.41, 5.74) is 1.88. The molecule has 1 nitrogen and oxygen atoms in total. The second-order valence-electron chi connectivity index (χ2n) is 10.1. The molecule has 2 fully saturated rings. The number of allylic oxidation sites excluding steroid dienone is 1. The van der Waals surface area contributed by atoms with E-state index in [-0.39, 0.29) is 24.2 Å². The topological polar surface area (TPSA) is 9.23 Å². The maximum absolute atomic E-state index is 15.1. The Morgan fingerprint density at radius 3 is 2.00 bits per heavy atom. The Bertz CT molecular complexity index is 1010. The zero-order valence-corrected chi connectivity index (χ0v) is 20.0. The summed E-state index contributed by atoms with van der Waals surface area (Å²) in [5.74, 6) is -0.195. The van der Waals surface area contributed by atoms with Crippen LogP contribution in [-0.2, 0) is 0 Å². The first-order valence-electron chi connectivity index (χ1n) is 12.7. The normalized spacial score (nSPS) is 25.4. The van der Waals surface area contributed by atoms with Gasteiger partial charge in [-0.1, -0.05) is 62.8 Å². The van der Waals surface area contributed by atoms with E-state index in [4.69, 9.17) is 4.74 Å². The van der Waals surface area contributed by atoms with Crippen LogP contribution in [0.15, 0.2) is 49.1 Å². The SMILES string of the molecule is C=CCOc1ccc(/C=C/C2CCC(c3ccc(C4CCC(C)CC4)c(F)c3F)CC2)cc1F. The molecular weight excluding hydrogens is 433 g/mol. The Labute approximate surface area is 201 Å². The number of rotatable bonds is 7. The largest absolute Gasteiger partial charge is 0.486 e. The first-order valence-corrected chi connectivity index (χ1v) is 12.7. The lowest BCUT2D eigenvalue weighted by atomic mass is 9.76. The monoisotopic (exact) mass is 468 g/mol.